The fraction of sp³-hybridized carbons (Fsp3) is 0.294. The van der Waals surface area contributed by atoms with Crippen LogP contribution in [0.4, 0.5) is 0 Å². The van der Waals surface area contributed by atoms with E-state index in [1.807, 2.05) is 52.8 Å². The van der Waals surface area contributed by atoms with Crippen molar-refractivity contribution in [3.05, 3.63) is 58.1 Å². The van der Waals surface area contributed by atoms with Crippen molar-refractivity contribution in [3.8, 4) is 11.5 Å². The maximum Gasteiger partial charge on any atom is 0.372 e. The first kappa shape index (κ1) is 16.6. The molecule has 0 saturated heterocycles. The smallest absolute Gasteiger partial charge is 0.372 e. The minimum atomic E-state index is -4.50. The zero-order valence-electron chi connectivity index (χ0n) is 13.5. The van der Waals surface area contributed by atoms with Crippen LogP contribution >= 0.6 is 7.82 Å². The van der Waals surface area contributed by atoms with Crippen LogP contribution in [-0.4, -0.2) is 0 Å². The molecule has 2 rings (SSSR count). The molecular formula is C17H20O4P-. The Hall–Kier alpha value is -1.77. The van der Waals surface area contributed by atoms with Crippen molar-refractivity contribution in [2.75, 3.05) is 0 Å². The number of rotatable bonds is 4. The highest BCUT2D eigenvalue weighted by molar-refractivity contribution is 7.46. The van der Waals surface area contributed by atoms with Gasteiger partial charge in [0.2, 0.25) is 0 Å². The Morgan fingerprint density at radius 1 is 0.909 bits per heavy atom. The molecule has 118 valence electrons. The van der Waals surface area contributed by atoms with Gasteiger partial charge in [-0.15, -0.1) is 0 Å². The summed E-state index contributed by atoms with van der Waals surface area (Å²) in [5.41, 5.74) is 4.31. The highest BCUT2D eigenvalue weighted by atomic mass is 31.2. The molecule has 0 radical (unpaired) electrons. The molecule has 0 heterocycles. The highest BCUT2D eigenvalue weighted by Crippen LogP contribution is 2.44. The van der Waals surface area contributed by atoms with E-state index in [1.54, 1.807) is 12.1 Å². The molecule has 0 saturated carbocycles. The van der Waals surface area contributed by atoms with Gasteiger partial charge in [-0.3, -0.25) is 0 Å². The third-order valence-electron chi connectivity index (χ3n) is 3.57. The van der Waals surface area contributed by atoms with E-state index in [4.69, 9.17) is 9.05 Å². The first-order valence-electron chi connectivity index (χ1n) is 7.04. The van der Waals surface area contributed by atoms with E-state index in [9.17, 15) is 9.46 Å². The zero-order chi connectivity index (χ0) is 16.5. The Kier molecular flexibility index (Phi) is 4.64. The lowest BCUT2D eigenvalue weighted by Gasteiger charge is -2.26. The van der Waals surface area contributed by atoms with E-state index in [0.29, 0.717) is 11.5 Å². The normalized spacial score (nSPS) is 13.5. The van der Waals surface area contributed by atoms with E-state index < -0.39 is 7.82 Å². The lowest BCUT2D eigenvalue weighted by atomic mass is 10.1. The van der Waals surface area contributed by atoms with E-state index in [1.165, 1.54) is 0 Å². The van der Waals surface area contributed by atoms with Crippen LogP contribution in [0.15, 0.2) is 30.3 Å². The molecule has 0 bridgehead atoms. The Morgan fingerprint density at radius 2 is 1.50 bits per heavy atom. The van der Waals surface area contributed by atoms with Crippen molar-refractivity contribution in [1.29, 1.82) is 0 Å². The van der Waals surface area contributed by atoms with Crippen molar-refractivity contribution in [1.82, 2.24) is 0 Å². The second kappa shape index (κ2) is 6.15. The lowest BCUT2D eigenvalue weighted by molar-refractivity contribution is -0.208. The monoisotopic (exact) mass is 319 g/mol. The number of phosphoric ester groups is 1. The summed E-state index contributed by atoms with van der Waals surface area (Å²) in [5.74, 6) is 0.620. The summed E-state index contributed by atoms with van der Waals surface area (Å²) >= 11 is 0. The predicted molar refractivity (Wildman–Crippen MR) is 85.4 cm³/mol. The number of phosphoric acid groups is 1. The molecule has 22 heavy (non-hydrogen) atoms. The maximum atomic E-state index is 12.2. The molecular weight excluding hydrogens is 299 g/mol. The SMILES string of the molecule is Cc1cc(C)c(OP(=O)([O-])Oc2cccc(C)c2C)c(C)c1. The number of hydrogen-bond acceptors (Lipinski definition) is 4. The van der Waals surface area contributed by atoms with Gasteiger partial charge in [0.05, 0.1) is 0 Å². The molecule has 2 aromatic carbocycles. The van der Waals surface area contributed by atoms with Gasteiger partial charge in [-0.2, -0.15) is 0 Å². The third kappa shape index (κ3) is 3.70. The maximum absolute atomic E-state index is 12.2. The minimum Gasteiger partial charge on any atom is -0.736 e. The largest absolute Gasteiger partial charge is 0.736 e. The van der Waals surface area contributed by atoms with E-state index >= 15 is 0 Å². The Morgan fingerprint density at radius 3 is 2.09 bits per heavy atom. The van der Waals surface area contributed by atoms with Crippen molar-refractivity contribution < 1.29 is 18.5 Å². The quantitative estimate of drug-likeness (QED) is 0.794. The molecule has 0 fully saturated rings. The molecule has 0 aliphatic heterocycles. The molecule has 0 aliphatic carbocycles. The van der Waals surface area contributed by atoms with Crippen molar-refractivity contribution in [2.45, 2.75) is 34.6 Å². The fourth-order valence-electron chi connectivity index (χ4n) is 2.38. The van der Waals surface area contributed by atoms with Crippen LogP contribution in [-0.2, 0) is 4.57 Å². The third-order valence-corrected chi connectivity index (χ3v) is 4.40. The molecule has 0 N–H and O–H groups in total. The van der Waals surface area contributed by atoms with Crippen molar-refractivity contribution >= 4 is 7.82 Å². The van der Waals surface area contributed by atoms with Gasteiger partial charge in [-0.25, -0.2) is 4.57 Å². The Bertz CT molecular complexity index is 729. The van der Waals surface area contributed by atoms with Crippen LogP contribution in [0.3, 0.4) is 0 Å². The lowest BCUT2D eigenvalue weighted by Crippen LogP contribution is -2.14. The average molecular weight is 319 g/mol. The predicted octanol–water partition coefficient (Wildman–Crippen LogP) is 4.15. The molecule has 5 heteroatoms. The van der Waals surface area contributed by atoms with Gasteiger partial charge < -0.3 is 13.9 Å². The van der Waals surface area contributed by atoms with E-state index in [-0.39, 0.29) is 0 Å². The molecule has 2 aromatic rings. The second-order valence-electron chi connectivity index (χ2n) is 5.56. The molecule has 1 atom stereocenters. The van der Waals surface area contributed by atoms with Gasteiger partial charge in [-0.05, 0) is 62.9 Å². The topological polar surface area (TPSA) is 58.6 Å². The van der Waals surface area contributed by atoms with E-state index in [2.05, 4.69) is 0 Å². The standard InChI is InChI=1S/C17H21O4P/c1-11-9-13(3)17(14(4)10-11)21-22(18,19)20-16-8-6-7-12(2)15(16)5/h6-10H,1-5H3,(H,18,19)/p-1. The van der Waals surface area contributed by atoms with Crippen LogP contribution in [0.5, 0.6) is 11.5 Å². The summed E-state index contributed by atoms with van der Waals surface area (Å²) in [6.07, 6.45) is 0. The van der Waals surface area contributed by atoms with Crippen LogP contribution in [0.1, 0.15) is 27.8 Å². The van der Waals surface area contributed by atoms with Gasteiger partial charge >= 0.3 is 7.82 Å². The molecule has 1 unspecified atom stereocenters. The van der Waals surface area contributed by atoms with Crippen molar-refractivity contribution in [2.24, 2.45) is 0 Å². The summed E-state index contributed by atoms with van der Waals surface area (Å²) in [4.78, 5) is 12.2. The van der Waals surface area contributed by atoms with Crippen molar-refractivity contribution in [3.63, 3.8) is 0 Å². The number of hydrogen-bond donors (Lipinski definition) is 0. The minimum absolute atomic E-state index is 0.292. The summed E-state index contributed by atoms with van der Waals surface area (Å²) in [5, 5.41) is 0. The molecule has 0 amide bonds. The van der Waals surface area contributed by atoms with Crippen LogP contribution in [0.2, 0.25) is 0 Å². The van der Waals surface area contributed by atoms with Gasteiger partial charge in [0, 0.05) is 0 Å². The molecule has 4 nitrogen and oxygen atoms in total. The molecule has 0 aromatic heterocycles. The second-order valence-corrected chi connectivity index (χ2v) is 6.82. The van der Waals surface area contributed by atoms with Gasteiger partial charge in [0.1, 0.15) is 11.5 Å². The molecule has 0 aliphatic rings. The Labute approximate surface area is 131 Å². The van der Waals surface area contributed by atoms with E-state index in [0.717, 1.165) is 27.8 Å². The van der Waals surface area contributed by atoms with Crippen LogP contribution < -0.4 is 13.9 Å². The highest BCUT2D eigenvalue weighted by Gasteiger charge is 2.18. The number of benzene rings is 2. The van der Waals surface area contributed by atoms with Gasteiger partial charge in [-0.1, -0.05) is 29.8 Å². The first-order chi connectivity index (χ1) is 10.2. The first-order valence-corrected chi connectivity index (χ1v) is 8.50. The van der Waals surface area contributed by atoms with Crippen LogP contribution in [0, 0.1) is 34.6 Å². The molecule has 0 spiro atoms. The summed E-state index contributed by atoms with van der Waals surface area (Å²) < 4.78 is 22.5. The summed E-state index contributed by atoms with van der Waals surface area (Å²) in [6.45, 7) is 9.29. The number of aryl methyl sites for hydroxylation is 4. The summed E-state index contributed by atoms with van der Waals surface area (Å²) in [6, 6.07) is 9.01. The van der Waals surface area contributed by atoms with Crippen LogP contribution in [0.25, 0.3) is 0 Å². The summed E-state index contributed by atoms with van der Waals surface area (Å²) in [7, 11) is -4.50. The average Bonchev–Trinajstić information content (AvgIpc) is 2.39. The van der Waals surface area contributed by atoms with Gasteiger partial charge in [0.15, 0.2) is 0 Å². The van der Waals surface area contributed by atoms with Gasteiger partial charge in [0.25, 0.3) is 0 Å². The fourth-order valence-corrected chi connectivity index (χ4v) is 3.37. The zero-order valence-corrected chi connectivity index (χ0v) is 14.4. The Balaban J connectivity index is 2.29.